The Balaban J connectivity index is 2.13. The summed E-state index contributed by atoms with van der Waals surface area (Å²) in [7, 11) is 0. The number of aromatic nitrogens is 1. The van der Waals surface area contributed by atoms with Crippen LogP contribution in [0.5, 0.6) is 0 Å². The number of nitrogens with zero attached hydrogens (tertiary/aromatic N) is 2. The number of hydrogen-bond donors (Lipinski definition) is 1. The van der Waals surface area contributed by atoms with Gasteiger partial charge in [-0.3, -0.25) is 0 Å². The van der Waals surface area contributed by atoms with Crippen molar-refractivity contribution in [1.82, 2.24) is 4.98 Å². The van der Waals surface area contributed by atoms with Crippen LogP contribution in [-0.4, -0.2) is 24.1 Å². The maximum absolute atomic E-state index is 5.67. The number of hydrogen-bond acceptors (Lipinski definition) is 3. The zero-order chi connectivity index (χ0) is 8.55. The fraction of sp³-hybridized carbons (Fsp3) is 0.444. The fourth-order valence-corrected chi connectivity index (χ4v) is 1.39. The highest BCUT2D eigenvalue weighted by Crippen LogP contribution is 2.17. The van der Waals surface area contributed by atoms with E-state index in [0.717, 1.165) is 18.9 Å². The lowest BCUT2D eigenvalue weighted by atomic mass is 10.1. The van der Waals surface area contributed by atoms with Crippen LogP contribution in [0, 0.1) is 6.92 Å². The van der Waals surface area contributed by atoms with Gasteiger partial charge >= 0.3 is 0 Å². The standard InChI is InChI=1S/C9H13N3/c1-7-2-3-11-9(4-7)12-5-8(10)6-12/h2-4,8H,5-6,10H2,1H3. The van der Waals surface area contributed by atoms with E-state index in [1.54, 1.807) is 0 Å². The van der Waals surface area contributed by atoms with E-state index in [4.69, 9.17) is 5.73 Å². The molecule has 0 amide bonds. The summed E-state index contributed by atoms with van der Waals surface area (Å²) >= 11 is 0. The quantitative estimate of drug-likeness (QED) is 0.657. The second kappa shape index (κ2) is 2.75. The third kappa shape index (κ3) is 1.28. The molecule has 0 aliphatic carbocycles. The van der Waals surface area contributed by atoms with Crippen LogP contribution in [0.4, 0.5) is 5.82 Å². The monoisotopic (exact) mass is 163 g/mol. The van der Waals surface area contributed by atoms with E-state index < -0.39 is 0 Å². The molecule has 1 aromatic rings. The Hall–Kier alpha value is -1.09. The number of aryl methyl sites for hydroxylation is 1. The minimum absolute atomic E-state index is 0.340. The number of rotatable bonds is 1. The highest BCUT2D eigenvalue weighted by molar-refractivity contribution is 5.43. The van der Waals surface area contributed by atoms with Crippen LogP contribution < -0.4 is 10.6 Å². The van der Waals surface area contributed by atoms with Gasteiger partial charge in [-0.25, -0.2) is 4.98 Å². The van der Waals surface area contributed by atoms with Gasteiger partial charge in [-0.1, -0.05) is 0 Å². The normalized spacial score (nSPS) is 17.7. The maximum Gasteiger partial charge on any atom is 0.128 e. The van der Waals surface area contributed by atoms with Crippen LogP contribution in [0.15, 0.2) is 18.3 Å². The van der Waals surface area contributed by atoms with Crippen molar-refractivity contribution in [2.24, 2.45) is 5.73 Å². The zero-order valence-corrected chi connectivity index (χ0v) is 7.20. The number of nitrogens with two attached hydrogens (primary N) is 1. The SMILES string of the molecule is Cc1ccnc(N2CC(N)C2)c1. The first kappa shape index (κ1) is 7.55. The van der Waals surface area contributed by atoms with E-state index in [1.165, 1.54) is 5.56 Å². The van der Waals surface area contributed by atoms with E-state index in [9.17, 15) is 0 Å². The van der Waals surface area contributed by atoms with Crippen molar-refractivity contribution in [1.29, 1.82) is 0 Å². The van der Waals surface area contributed by atoms with Gasteiger partial charge in [0, 0.05) is 25.3 Å². The summed E-state index contributed by atoms with van der Waals surface area (Å²) in [5, 5.41) is 0. The summed E-state index contributed by atoms with van der Waals surface area (Å²) < 4.78 is 0. The molecule has 1 aromatic heterocycles. The van der Waals surface area contributed by atoms with E-state index >= 15 is 0 Å². The van der Waals surface area contributed by atoms with Crippen LogP contribution >= 0.6 is 0 Å². The molecule has 12 heavy (non-hydrogen) atoms. The Kier molecular flexibility index (Phi) is 1.73. The topological polar surface area (TPSA) is 42.2 Å². The molecule has 0 radical (unpaired) electrons. The molecule has 1 fully saturated rings. The summed E-state index contributed by atoms with van der Waals surface area (Å²) in [6.45, 7) is 3.96. The smallest absolute Gasteiger partial charge is 0.128 e. The molecule has 0 bridgehead atoms. The molecule has 3 heteroatoms. The predicted octanol–water partition coefficient (Wildman–Crippen LogP) is 0.537. The van der Waals surface area contributed by atoms with Gasteiger partial charge in [0.15, 0.2) is 0 Å². The van der Waals surface area contributed by atoms with Crippen molar-refractivity contribution in [2.75, 3.05) is 18.0 Å². The van der Waals surface area contributed by atoms with Gasteiger partial charge in [0.2, 0.25) is 0 Å². The molecule has 2 N–H and O–H groups in total. The lowest BCUT2D eigenvalue weighted by Gasteiger charge is -2.37. The molecule has 0 atom stereocenters. The van der Waals surface area contributed by atoms with Crippen LogP contribution in [0.1, 0.15) is 5.56 Å². The van der Waals surface area contributed by atoms with Crippen molar-refractivity contribution >= 4 is 5.82 Å². The lowest BCUT2D eigenvalue weighted by molar-refractivity contribution is 0.514. The Morgan fingerprint density at radius 2 is 2.33 bits per heavy atom. The van der Waals surface area contributed by atoms with E-state index in [0.29, 0.717) is 6.04 Å². The second-order valence-electron chi connectivity index (χ2n) is 3.36. The number of pyridine rings is 1. The Bertz CT molecular complexity index is 279. The molecule has 0 unspecified atom stereocenters. The minimum atomic E-state index is 0.340. The average molecular weight is 163 g/mol. The van der Waals surface area contributed by atoms with E-state index in [2.05, 4.69) is 22.9 Å². The maximum atomic E-state index is 5.67. The highest BCUT2D eigenvalue weighted by Gasteiger charge is 2.23. The molecule has 1 aliphatic heterocycles. The van der Waals surface area contributed by atoms with Gasteiger partial charge in [-0.2, -0.15) is 0 Å². The minimum Gasteiger partial charge on any atom is -0.353 e. The molecular formula is C9H13N3. The summed E-state index contributed by atoms with van der Waals surface area (Å²) in [4.78, 5) is 6.46. The molecule has 0 saturated carbocycles. The summed E-state index contributed by atoms with van der Waals surface area (Å²) in [5.41, 5.74) is 6.93. The Morgan fingerprint density at radius 1 is 1.58 bits per heavy atom. The average Bonchev–Trinajstić information content (AvgIpc) is 1.99. The molecule has 1 aliphatic rings. The van der Waals surface area contributed by atoms with Crippen molar-refractivity contribution in [3.8, 4) is 0 Å². The molecule has 2 rings (SSSR count). The van der Waals surface area contributed by atoms with Gasteiger partial charge in [-0.15, -0.1) is 0 Å². The van der Waals surface area contributed by atoms with Crippen molar-refractivity contribution in [3.05, 3.63) is 23.9 Å². The molecule has 2 heterocycles. The first-order valence-corrected chi connectivity index (χ1v) is 4.19. The first-order chi connectivity index (χ1) is 5.75. The van der Waals surface area contributed by atoms with Crippen LogP contribution in [0.2, 0.25) is 0 Å². The molecular weight excluding hydrogens is 150 g/mol. The van der Waals surface area contributed by atoms with Gasteiger partial charge in [0.05, 0.1) is 0 Å². The summed E-state index contributed by atoms with van der Waals surface area (Å²) in [6, 6.07) is 4.43. The van der Waals surface area contributed by atoms with Gasteiger partial charge in [-0.05, 0) is 24.6 Å². The third-order valence-corrected chi connectivity index (χ3v) is 2.13. The molecule has 0 aromatic carbocycles. The van der Waals surface area contributed by atoms with E-state index in [1.807, 2.05) is 12.3 Å². The van der Waals surface area contributed by atoms with Crippen LogP contribution in [0.3, 0.4) is 0 Å². The molecule has 1 saturated heterocycles. The highest BCUT2D eigenvalue weighted by atomic mass is 15.3. The Morgan fingerprint density at radius 3 is 2.92 bits per heavy atom. The first-order valence-electron chi connectivity index (χ1n) is 4.19. The number of anilines is 1. The van der Waals surface area contributed by atoms with Gasteiger partial charge in [0.25, 0.3) is 0 Å². The molecule has 64 valence electrons. The molecule has 3 nitrogen and oxygen atoms in total. The predicted molar refractivity (Wildman–Crippen MR) is 49.2 cm³/mol. The molecule has 0 spiro atoms. The fourth-order valence-electron chi connectivity index (χ4n) is 1.39. The van der Waals surface area contributed by atoms with Crippen molar-refractivity contribution in [2.45, 2.75) is 13.0 Å². The van der Waals surface area contributed by atoms with E-state index in [-0.39, 0.29) is 0 Å². The largest absolute Gasteiger partial charge is 0.353 e. The summed E-state index contributed by atoms with van der Waals surface area (Å²) in [6.07, 6.45) is 1.84. The summed E-state index contributed by atoms with van der Waals surface area (Å²) in [5.74, 6) is 1.05. The second-order valence-corrected chi connectivity index (χ2v) is 3.36. The zero-order valence-electron chi connectivity index (χ0n) is 7.20. The van der Waals surface area contributed by atoms with Crippen LogP contribution in [0.25, 0.3) is 0 Å². The van der Waals surface area contributed by atoms with Crippen LogP contribution in [-0.2, 0) is 0 Å². The Labute approximate surface area is 72.2 Å². The van der Waals surface area contributed by atoms with Crippen molar-refractivity contribution < 1.29 is 0 Å². The lowest BCUT2D eigenvalue weighted by Crippen LogP contribution is -2.56. The van der Waals surface area contributed by atoms with Gasteiger partial charge < -0.3 is 10.6 Å². The van der Waals surface area contributed by atoms with Crippen molar-refractivity contribution in [3.63, 3.8) is 0 Å². The third-order valence-electron chi connectivity index (χ3n) is 2.13. The van der Waals surface area contributed by atoms with Gasteiger partial charge in [0.1, 0.15) is 5.82 Å².